The molecule has 0 spiro atoms. The number of methoxy groups -OCH3 is 1. The minimum atomic E-state index is -1.09. The van der Waals surface area contributed by atoms with Gasteiger partial charge in [-0.05, 0) is 53.6 Å². The Morgan fingerprint density at radius 1 is 1.09 bits per heavy atom. The zero-order chi connectivity index (χ0) is 23.8. The van der Waals surface area contributed by atoms with Crippen molar-refractivity contribution in [3.8, 4) is 28.2 Å². The number of ether oxygens (including phenoxy) is 1. The van der Waals surface area contributed by atoms with Crippen LogP contribution in [0.4, 0.5) is 14.6 Å². The number of nitrogens with two attached hydrogens (primary N) is 1. The van der Waals surface area contributed by atoms with Crippen LogP contribution in [-0.4, -0.2) is 38.3 Å². The van der Waals surface area contributed by atoms with Gasteiger partial charge >= 0.3 is 5.97 Å². The Balaban J connectivity index is 1.75. The number of benzene rings is 2. The molecule has 33 heavy (non-hydrogen) atoms. The van der Waals surface area contributed by atoms with Gasteiger partial charge in [0, 0.05) is 11.8 Å². The molecule has 2 aromatic heterocycles. The number of tetrazole rings is 1. The van der Waals surface area contributed by atoms with Gasteiger partial charge in [0.2, 0.25) is 0 Å². The van der Waals surface area contributed by atoms with Gasteiger partial charge in [-0.15, -0.1) is 5.10 Å². The fourth-order valence-electron chi connectivity index (χ4n) is 3.44. The van der Waals surface area contributed by atoms with E-state index in [9.17, 15) is 13.6 Å². The summed E-state index contributed by atoms with van der Waals surface area (Å²) in [6, 6.07) is 12.8. The summed E-state index contributed by atoms with van der Waals surface area (Å²) < 4.78 is 34.0. The molecule has 4 aromatic rings. The SMILES string of the molecule is COC(=O)C(C)(C)c1ccc(-c2cnc(N)c(-c3nnnn3-c3cccc(F)c3F)c2)cc1. The number of rotatable bonds is 5. The Morgan fingerprint density at radius 3 is 2.52 bits per heavy atom. The molecular weight excluding hydrogens is 430 g/mol. The van der Waals surface area contributed by atoms with Gasteiger partial charge < -0.3 is 10.5 Å². The van der Waals surface area contributed by atoms with E-state index in [1.807, 2.05) is 24.3 Å². The number of esters is 1. The van der Waals surface area contributed by atoms with Crippen molar-refractivity contribution >= 4 is 11.8 Å². The highest BCUT2D eigenvalue weighted by Crippen LogP contribution is 2.32. The lowest BCUT2D eigenvalue weighted by Gasteiger charge is -2.22. The maximum absolute atomic E-state index is 14.4. The molecule has 0 aliphatic rings. The van der Waals surface area contributed by atoms with Gasteiger partial charge in [0.25, 0.3) is 0 Å². The number of carbonyl (C=O) groups excluding carboxylic acids is 1. The van der Waals surface area contributed by atoms with Crippen LogP contribution in [-0.2, 0) is 14.9 Å². The summed E-state index contributed by atoms with van der Waals surface area (Å²) in [6.45, 7) is 3.56. The van der Waals surface area contributed by atoms with Crippen molar-refractivity contribution in [3.63, 3.8) is 0 Å². The third-order valence-corrected chi connectivity index (χ3v) is 5.42. The first-order valence-corrected chi connectivity index (χ1v) is 9.92. The van der Waals surface area contributed by atoms with Crippen LogP contribution in [0.2, 0.25) is 0 Å². The number of aromatic nitrogens is 5. The normalized spacial score (nSPS) is 11.4. The minimum absolute atomic E-state index is 0.106. The number of hydrogen-bond donors (Lipinski definition) is 1. The van der Waals surface area contributed by atoms with Crippen molar-refractivity contribution in [2.45, 2.75) is 19.3 Å². The summed E-state index contributed by atoms with van der Waals surface area (Å²) in [6.07, 6.45) is 1.58. The van der Waals surface area contributed by atoms with Crippen molar-refractivity contribution in [2.24, 2.45) is 0 Å². The first-order chi connectivity index (χ1) is 15.7. The molecule has 2 N–H and O–H groups in total. The van der Waals surface area contributed by atoms with Gasteiger partial charge in [-0.1, -0.05) is 30.3 Å². The number of halogens is 2. The Hall–Kier alpha value is -4.21. The zero-order valence-electron chi connectivity index (χ0n) is 18.1. The maximum Gasteiger partial charge on any atom is 0.315 e. The lowest BCUT2D eigenvalue weighted by Crippen LogP contribution is -2.30. The van der Waals surface area contributed by atoms with Crippen LogP contribution in [0.1, 0.15) is 19.4 Å². The third kappa shape index (κ3) is 3.91. The highest BCUT2D eigenvalue weighted by molar-refractivity contribution is 5.82. The van der Waals surface area contributed by atoms with E-state index < -0.39 is 17.0 Å². The standard InChI is InChI=1S/C23H20F2N6O2/c1-23(2,22(32)33-3)15-9-7-13(8-10-15)14-11-16(20(26)27-12-14)21-28-29-30-31(21)18-6-4-5-17(24)19(18)25/h4-12H,1-3H3,(H2,26,27). The summed E-state index contributed by atoms with van der Waals surface area (Å²) in [5, 5.41) is 11.3. The summed E-state index contributed by atoms with van der Waals surface area (Å²) >= 11 is 0. The average molecular weight is 450 g/mol. The van der Waals surface area contributed by atoms with E-state index in [4.69, 9.17) is 10.5 Å². The lowest BCUT2D eigenvalue weighted by atomic mass is 9.84. The van der Waals surface area contributed by atoms with Crippen LogP contribution in [0.3, 0.4) is 0 Å². The van der Waals surface area contributed by atoms with E-state index in [2.05, 4.69) is 20.5 Å². The Kier molecular flexibility index (Phi) is 5.59. The lowest BCUT2D eigenvalue weighted by molar-refractivity contribution is -0.146. The summed E-state index contributed by atoms with van der Waals surface area (Å²) in [4.78, 5) is 16.3. The minimum Gasteiger partial charge on any atom is -0.468 e. The number of anilines is 1. The van der Waals surface area contributed by atoms with Crippen molar-refractivity contribution in [1.82, 2.24) is 25.2 Å². The predicted octanol–water partition coefficient (Wildman–Crippen LogP) is 3.70. The molecule has 0 saturated carbocycles. The molecule has 0 aliphatic heterocycles. The first kappa shape index (κ1) is 22.0. The van der Waals surface area contributed by atoms with Gasteiger partial charge in [0.1, 0.15) is 11.5 Å². The first-order valence-electron chi connectivity index (χ1n) is 9.92. The van der Waals surface area contributed by atoms with E-state index in [1.165, 1.54) is 19.2 Å². The molecule has 168 valence electrons. The van der Waals surface area contributed by atoms with Gasteiger partial charge in [0.05, 0.1) is 18.1 Å². The molecule has 2 heterocycles. The smallest absolute Gasteiger partial charge is 0.315 e. The van der Waals surface area contributed by atoms with Crippen LogP contribution >= 0.6 is 0 Å². The average Bonchev–Trinajstić information content (AvgIpc) is 3.30. The Labute approximate surface area is 188 Å². The molecule has 8 nitrogen and oxygen atoms in total. The summed E-state index contributed by atoms with van der Waals surface area (Å²) in [5.41, 5.74) is 7.71. The third-order valence-electron chi connectivity index (χ3n) is 5.42. The van der Waals surface area contributed by atoms with Crippen molar-refractivity contribution < 1.29 is 18.3 Å². The van der Waals surface area contributed by atoms with E-state index in [1.54, 1.807) is 26.1 Å². The van der Waals surface area contributed by atoms with E-state index >= 15 is 0 Å². The second kappa shape index (κ2) is 8.38. The molecule has 4 rings (SSSR count). The molecule has 0 bridgehead atoms. The van der Waals surface area contributed by atoms with Gasteiger partial charge in [-0.3, -0.25) is 4.79 Å². The van der Waals surface area contributed by atoms with Crippen molar-refractivity contribution in [1.29, 1.82) is 0 Å². The van der Waals surface area contributed by atoms with E-state index in [0.29, 0.717) is 11.1 Å². The fraction of sp³-hybridized carbons (Fsp3) is 0.174. The molecule has 0 unspecified atom stereocenters. The second-order valence-electron chi connectivity index (χ2n) is 7.84. The van der Waals surface area contributed by atoms with Crippen LogP contribution in [0.5, 0.6) is 0 Å². The van der Waals surface area contributed by atoms with E-state index in [-0.39, 0.29) is 23.3 Å². The molecule has 0 saturated heterocycles. The second-order valence-corrected chi connectivity index (χ2v) is 7.84. The van der Waals surface area contributed by atoms with Gasteiger partial charge in [-0.2, -0.15) is 4.68 Å². The molecule has 0 aliphatic carbocycles. The predicted molar refractivity (Wildman–Crippen MR) is 117 cm³/mol. The Morgan fingerprint density at radius 2 is 1.82 bits per heavy atom. The van der Waals surface area contributed by atoms with Crippen molar-refractivity contribution in [2.75, 3.05) is 12.8 Å². The highest BCUT2D eigenvalue weighted by Gasteiger charge is 2.30. The van der Waals surface area contributed by atoms with Crippen molar-refractivity contribution in [3.05, 3.63) is 71.9 Å². The monoisotopic (exact) mass is 450 g/mol. The molecule has 10 heteroatoms. The molecule has 0 radical (unpaired) electrons. The number of carbonyl (C=O) groups is 1. The number of pyridine rings is 1. The molecule has 2 aromatic carbocycles. The summed E-state index contributed by atoms with van der Waals surface area (Å²) in [5.74, 6) is -2.23. The maximum atomic E-state index is 14.4. The number of hydrogen-bond acceptors (Lipinski definition) is 7. The Bertz CT molecular complexity index is 1340. The van der Waals surface area contributed by atoms with Crippen LogP contribution < -0.4 is 5.73 Å². The molecule has 0 amide bonds. The van der Waals surface area contributed by atoms with Gasteiger partial charge in [0.15, 0.2) is 17.5 Å². The zero-order valence-corrected chi connectivity index (χ0v) is 18.1. The van der Waals surface area contributed by atoms with Gasteiger partial charge in [-0.25, -0.2) is 13.8 Å². The molecule has 0 atom stereocenters. The fourth-order valence-corrected chi connectivity index (χ4v) is 3.44. The molecular formula is C23H20F2N6O2. The largest absolute Gasteiger partial charge is 0.468 e. The van der Waals surface area contributed by atoms with E-state index in [0.717, 1.165) is 21.9 Å². The van der Waals surface area contributed by atoms with Crippen LogP contribution in [0.15, 0.2) is 54.7 Å². The number of nitrogens with zero attached hydrogens (tertiary/aromatic N) is 5. The topological polar surface area (TPSA) is 109 Å². The number of nitrogen functional groups attached to an aromatic ring is 1. The molecule has 0 fully saturated rings. The van der Waals surface area contributed by atoms with Crippen LogP contribution in [0, 0.1) is 11.6 Å². The highest BCUT2D eigenvalue weighted by atomic mass is 19.2. The summed E-state index contributed by atoms with van der Waals surface area (Å²) in [7, 11) is 1.35. The van der Waals surface area contributed by atoms with Crippen LogP contribution in [0.25, 0.3) is 28.2 Å². The quantitative estimate of drug-likeness (QED) is 0.462.